The molecule has 0 atom stereocenters. The van der Waals surface area contributed by atoms with Gasteiger partial charge >= 0.3 is 0 Å². The highest BCUT2D eigenvalue weighted by Gasteiger charge is 2.04. The second-order valence-electron chi connectivity index (χ2n) is 2.83. The van der Waals surface area contributed by atoms with E-state index >= 15 is 0 Å². The van der Waals surface area contributed by atoms with Crippen molar-refractivity contribution < 1.29 is 8.42 Å². The molecule has 4 nitrogen and oxygen atoms in total. The van der Waals surface area contributed by atoms with Crippen LogP contribution in [0.1, 0.15) is 5.01 Å². The summed E-state index contributed by atoms with van der Waals surface area (Å²) in [6, 6.07) is 5.35. The minimum atomic E-state index is -2.40. The molecule has 1 heterocycles. The predicted octanol–water partition coefficient (Wildman–Crippen LogP) is 0.990. The van der Waals surface area contributed by atoms with Crippen LogP contribution >= 0.6 is 11.3 Å². The zero-order valence-electron chi connectivity index (χ0n) is 7.14. The molecule has 0 fully saturated rings. The number of nitrogen functional groups attached to an aromatic ring is 1. The summed E-state index contributed by atoms with van der Waals surface area (Å²) in [4.78, 5) is 4.17. The Kier molecular flexibility index (Phi) is 2.39. The van der Waals surface area contributed by atoms with Crippen molar-refractivity contribution >= 4 is 37.9 Å². The molecule has 0 bridgehead atoms. The Balaban J connectivity index is 2.51. The molecule has 14 heavy (non-hydrogen) atoms. The number of fused-ring (bicyclic) bond motifs is 1. The van der Waals surface area contributed by atoms with Crippen molar-refractivity contribution in [2.24, 2.45) is 0 Å². The highest BCUT2D eigenvalue weighted by molar-refractivity contribution is 7.71. The number of nitrogens with two attached hydrogens (primary N) is 1. The van der Waals surface area contributed by atoms with E-state index in [4.69, 9.17) is 5.73 Å². The van der Waals surface area contributed by atoms with Crippen LogP contribution in [0, 0.1) is 0 Å². The molecule has 0 saturated heterocycles. The van der Waals surface area contributed by atoms with Crippen LogP contribution in [0.15, 0.2) is 18.2 Å². The van der Waals surface area contributed by atoms with Gasteiger partial charge in [-0.1, -0.05) is 0 Å². The number of hydrogen-bond acceptors (Lipinski definition) is 5. The molecular formula is C8H8N2O2S2. The summed E-state index contributed by atoms with van der Waals surface area (Å²) in [5.41, 5.74) is 7.06. The van der Waals surface area contributed by atoms with E-state index in [0.29, 0.717) is 10.7 Å². The summed E-state index contributed by atoms with van der Waals surface area (Å²) in [5, 5.41) is 0.613. The minimum Gasteiger partial charge on any atom is -0.399 e. The normalized spacial score (nSPS) is 11.2. The fourth-order valence-corrected chi connectivity index (χ4v) is 2.84. The van der Waals surface area contributed by atoms with Gasteiger partial charge in [-0.25, -0.2) is 13.4 Å². The summed E-state index contributed by atoms with van der Waals surface area (Å²) in [5.74, 6) is 0.00852. The molecule has 0 unspecified atom stereocenters. The van der Waals surface area contributed by atoms with Crippen LogP contribution < -0.4 is 5.73 Å². The van der Waals surface area contributed by atoms with Gasteiger partial charge in [0.2, 0.25) is 0 Å². The van der Waals surface area contributed by atoms with Crippen LogP contribution in [0.3, 0.4) is 0 Å². The number of hydrogen-bond donors (Lipinski definition) is 2. The fraction of sp³-hybridized carbons (Fsp3) is 0.125. The number of benzene rings is 1. The SMILES string of the molecule is Nc1ccc2nc(C[SH](=O)=O)sc2c1. The van der Waals surface area contributed by atoms with E-state index in [1.807, 2.05) is 0 Å². The molecule has 2 aromatic rings. The molecule has 2 N–H and O–H groups in total. The van der Waals surface area contributed by atoms with Gasteiger partial charge < -0.3 is 5.73 Å². The highest BCUT2D eigenvalue weighted by atomic mass is 32.2. The zero-order chi connectivity index (χ0) is 10.1. The van der Waals surface area contributed by atoms with Crippen molar-refractivity contribution in [3.63, 3.8) is 0 Å². The number of nitrogens with zero attached hydrogens (tertiary/aromatic N) is 1. The van der Waals surface area contributed by atoms with E-state index < -0.39 is 10.7 Å². The topological polar surface area (TPSA) is 73.0 Å². The highest BCUT2D eigenvalue weighted by Crippen LogP contribution is 2.24. The molecule has 1 aromatic heterocycles. The first-order valence-electron chi connectivity index (χ1n) is 3.92. The van der Waals surface area contributed by atoms with Crippen LogP contribution in [0.5, 0.6) is 0 Å². The average Bonchev–Trinajstić information content (AvgIpc) is 2.44. The molecule has 74 valence electrons. The first-order chi connectivity index (χ1) is 6.65. The summed E-state index contributed by atoms with van der Waals surface area (Å²) in [7, 11) is -2.40. The molecular weight excluding hydrogens is 220 g/mol. The lowest BCUT2D eigenvalue weighted by Crippen LogP contribution is -1.83. The lowest BCUT2D eigenvalue weighted by atomic mass is 10.3. The molecule has 0 aliphatic rings. The largest absolute Gasteiger partial charge is 0.399 e. The van der Waals surface area contributed by atoms with E-state index in [-0.39, 0.29) is 5.75 Å². The standard InChI is InChI=1S/C8H8N2O2S2/c9-5-1-2-6-7(3-5)13-8(10-6)4-14(11)12/h1-3,14H,4,9H2. The maximum Gasteiger partial charge on any atom is 0.146 e. The second-order valence-corrected chi connectivity index (χ2v) is 4.92. The molecule has 0 spiro atoms. The Morgan fingerprint density at radius 2 is 2.21 bits per heavy atom. The van der Waals surface area contributed by atoms with E-state index in [1.54, 1.807) is 18.2 Å². The van der Waals surface area contributed by atoms with E-state index in [9.17, 15) is 8.42 Å². The van der Waals surface area contributed by atoms with Crippen LogP contribution in [0.25, 0.3) is 10.2 Å². The minimum absolute atomic E-state index is 0.00852. The first-order valence-corrected chi connectivity index (χ1v) is 6.10. The van der Waals surface area contributed by atoms with Crippen LogP contribution in [-0.2, 0) is 16.5 Å². The van der Waals surface area contributed by atoms with Crippen molar-refractivity contribution in [1.82, 2.24) is 4.98 Å². The van der Waals surface area contributed by atoms with Gasteiger partial charge in [0.25, 0.3) is 0 Å². The van der Waals surface area contributed by atoms with Gasteiger partial charge in [0.15, 0.2) is 0 Å². The smallest absolute Gasteiger partial charge is 0.146 e. The lowest BCUT2D eigenvalue weighted by molar-refractivity contribution is 0.614. The zero-order valence-corrected chi connectivity index (χ0v) is 8.85. The van der Waals surface area contributed by atoms with Crippen LogP contribution in [-0.4, -0.2) is 13.4 Å². The fourth-order valence-electron chi connectivity index (χ4n) is 1.17. The molecule has 0 aliphatic heterocycles. The van der Waals surface area contributed by atoms with Gasteiger partial charge in [0.1, 0.15) is 15.7 Å². The van der Waals surface area contributed by atoms with Gasteiger partial charge in [-0.05, 0) is 18.2 Å². The third-order valence-corrected chi connectivity index (χ3v) is 3.51. The number of thiol groups is 1. The molecule has 1 aromatic carbocycles. The van der Waals surface area contributed by atoms with Crippen molar-refractivity contribution in [3.05, 3.63) is 23.2 Å². The predicted molar refractivity (Wildman–Crippen MR) is 58.1 cm³/mol. The van der Waals surface area contributed by atoms with E-state index in [1.165, 1.54) is 11.3 Å². The van der Waals surface area contributed by atoms with Gasteiger partial charge in [0.05, 0.1) is 16.0 Å². The lowest BCUT2D eigenvalue weighted by Gasteiger charge is -1.89. The third-order valence-electron chi connectivity index (χ3n) is 1.72. The molecule has 6 heteroatoms. The van der Waals surface area contributed by atoms with Crippen molar-refractivity contribution in [2.45, 2.75) is 5.75 Å². The molecule has 0 saturated carbocycles. The second kappa shape index (κ2) is 3.55. The van der Waals surface area contributed by atoms with Gasteiger partial charge in [-0.3, -0.25) is 0 Å². The van der Waals surface area contributed by atoms with Crippen LogP contribution in [0.4, 0.5) is 5.69 Å². The van der Waals surface area contributed by atoms with Gasteiger partial charge in [-0.2, -0.15) is 0 Å². The number of thiazole rings is 1. The Hall–Kier alpha value is -1.14. The average molecular weight is 228 g/mol. The summed E-state index contributed by atoms with van der Waals surface area (Å²) < 4.78 is 21.9. The number of anilines is 1. The quantitative estimate of drug-likeness (QED) is 0.594. The van der Waals surface area contributed by atoms with Crippen molar-refractivity contribution in [1.29, 1.82) is 0 Å². The Morgan fingerprint density at radius 3 is 2.93 bits per heavy atom. The monoisotopic (exact) mass is 228 g/mol. The van der Waals surface area contributed by atoms with Crippen molar-refractivity contribution in [2.75, 3.05) is 5.73 Å². The Bertz CT molecular complexity index is 537. The summed E-state index contributed by atoms with van der Waals surface area (Å²) in [6.45, 7) is 0. The third kappa shape index (κ3) is 1.85. The van der Waals surface area contributed by atoms with Crippen LogP contribution in [0.2, 0.25) is 0 Å². The molecule has 0 radical (unpaired) electrons. The molecule has 0 aliphatic carbocycles. The maximum atomic E-state index is 10.5. The van der Waals surface area contributed by atoms with E-state index in [0.717, 1.165) is 10.2 Å². The van der Waals surface area contributed by atoms with Gasteiger partial charge in [0, 0.05) is 5.69 Å². The Labute approximate surface area is 86.3 Å². The van der Waals surface area contributed by atoms with E-state index in [2.05, 4.69) is 4.98 Å². The summed E-state index contributed by atoms with van der Waals surface area (Å²) in [6.07, 6.45) is 0. The molecule has 0 amide bonds. The molecule has 2 rings (SSSR count). The Morgan fingerprint density at radius 1 is 1.43 bits per heavy atom. The first kappa shape index (κ1) is 9.42. The van der Waals surface area contributed by atoms with Gasteiger partial charge in [-0.15, -0.1) is 11.3 Å². The summed E-state index contributed by atoms with van der Waals surface area (Å²) >= 11 is 1.36. The van der Waals surface area contributed by atoms with Crippen molar-refractivity contribution in [3.8, 4) is 0 Å². The number of rotatable bonds is 2. The number of aromatic nitrogens is 1. The maximum absolute atomic E-state index is 10.5.